The first-order chi connectivity index (χ1) is 6.72. The van der Waals surface area contributed by atoms with E-state index in [0.29, 0.717) is 5.88 Å². The van der Waals surface area contributed by atoms with Gasteiger partial charge in [0.05, 0.1) is 7.11 Å². The molecule has 1 aromatic rings. The maximum atomic E-state index is 4.97. The van der Waals surface area contributed by atoms with Crippen LogP contribution in [0.3, 0.4) is 0 Å². The fourth-order valence-corrected chi connectivity index (χ4v) is 1.06. The maximum absolute atomic E-state index is 4.97. The van der Waals surface area contributed by atoms with Crippen molar-refractivity contribution in [3.05, 3.63) is 36.0 Å². The minimum absolute atomic E-state index is 0.647. The molecule has 0 spiro atoms. The van der Waals surface area contributed by atoms with Crippen LogP contribution in [-0.2, 0) is 6.54 Å². The third-order valence-electron chi connectivity index (χ3n) is 1.76. The fourth-order valence-electron chi connectivity index (χ4n) is 1.06. The van der Waals surface area contributed by atoms with E-state index in [4.69, 9.17) is 4.74 Å². The summed E-state index contributed by atoms with van der Waals surface area (Å²) in [5.74, 6) is 0.647. The first-order valence-corrected chi connectivity index (χ1v) is 4.56. The maximum Gasteiger partial charge on any atom is 0.212 e. The minimum Gasteiger partial charge on any atom is -0.481 e. The summed E-state index contributed by atoms with van der Waals surface area (Å²) in [6.07, 6.45) is 1.81. The van der Waals surface area contributed by atoms with Gasteiger partial charge in [0.25, 0.3) is 0 Å². The summed E-state index contributed by atoms with van der Waals surface area (Å²) < 4.78 is 4.97. The predicted octanol–water partition coefficient (Wildman–Crippen LogP) is 1.76. The van der Waals surface area contributed by atoms with E-state index in [1.807, 2.05) is 25.3 Å². The normalized spacial score (nSPS) is 9.86. The van der Waals surface area contributed by atoms with E-state index in [-0.39, 0.29) is 0 Å². The largest absolute Gasteiger partial charge is 0.481 e. The van der Waals surface area contributed by atoms with E-state index >= 15 is 0 Å². The van der Waals surface area contributed by atoms with Crippen LogP contribution in [0.4, 0.5) is 0 Å². The van der Waals surface area contributed by atoms with Gasteiger partial charge in [0.15, 0.2) is 0 Å². The summed E-state index contributed by atoms with van der Waals surface area (Å²) in [6.45, 7) is 7.46. The Hall–Kier alpha value is -1.35. The van der Waals surface area contributed by atoms with Crippen LogP contribution in [0.5, 0.6) is 5.88 Å². The van der Waals surface area contributed by atoms with Gasteiger partial charge in [0.2, 0.25) is 5.88 Å². The van der Waals surface area contributed by atoms with Crippen LogP contribution in [0, 0.1) is 0 Å². The molecule has 0 radical (unpaired) electrons. The van der Waals surface area contributed by atoms with Crippen molar-refractivity contribution < 1.29 is 4.74 Å². The molecule has 0 fully saturated rings. The molecule has 1 aromatic heterocycles. The predicted molar refractivity (Wildman–Crippen MR) is 57.3 cm³/mol. The molecule has 1 heterocycles. The van der Waals surface area contributed by atoms with Gasteiger partial charge < -0.3 is 10.1 Å². The van der Waals surface area contributed by atoms with Gasteiger partial charge in [0.1, 0.15) is 0 Å². The molecule has 0 aliphatic rings. The molecule has 0 aliphatic heterocycles. The van der Waals surface area contributed by atoms with Gasteiger partial charge in [-0.15, -0.1) is 0 Å². The molecular formula is C11H16N2O. The van der Waals surface area contributed by atoms with Crippen LogP contribution < -0.4 is 10.1 Å². The van der Waals surface area contributed by atoms with Crippen molar-refractivity contribution in [2.24, 2.45) is 0 Å². The molecule has 76 valence electrons. The summed E-state index contributed by atoms with van der Waals surface area (Å²) in [5.41, 5.74) is 2.28. The Balaban J connectivity index is 2.40. The van der Waals surface area contributed by atoms with E-state index in [1.165, 1.54) is 0 Å². The molecule has 0 amide bonds. The van der Waals surface area contributed by atoms with E-state index < -0.39 is 0 Å². The number of nitrogens with one attached hydrogen (secondary N) is 1. The highest BCUT2D eigenvalue weighted by Crippen LogP contribution is 2.06. The third-order valence-corrected chi connectivity index (χ3v) is 1.76. The second-order valence-corrected chi connectivity index (χ2v) is 3.27. The molecule has 0 aliphatic carbocycles. The number of hydrogen-bond acceptors (Lipinski definition) is 3. The Labute approximate surface area is 84.8 Å². The average molecular weight is 192 g/mol. The fraction of sp³-hybridized carbons (Fsp3) is 0.364. The molecule has 3 nitrogen and oxygen atoms in total. The summed E-state index contributed by atoms with van der Waals surface area (Å²) >= 11 is 0. The number of aromatic nitrogens is 1. The molecule has 1 rings (SSSR count). The smallest absolute Gasteiger partial charge is 0.212 e. The Kier molecular flexibility index (Phi) is 4.13. The molecular weight excluding hydrogens is 176 g/mol. The molecule has 0 unspecified atom stereocenters. The van der Waals surface area contributed by atoms with Gasteiger partial charge in [-0.25, -0.2) is 4.98 Å². The first-order valence-electron chi connectivity index (χ1n) is 4.56. The SMILES string of the molecule is C=C(C)CNCc1ccc(OC)nc1. The van der Waals surface area contributed by atoms with Gasteiger partial charge in [-0.3, -0.25) is 0 Å². The Morgan fingerprint density at radius 2 is 2.36 bits per heavy atom. The van der Waals surface area contributed by atoms with Crippen LogP contribution in [0.1, 0.15) is 12.5 Å². The average Bonchev–Trinajstić information content (AvgIpc) is 2.18. The number of pyridine rings is 1. The standard InChI is InChI=1S/C11H16N2O/c1-9(2)6-12-7-10-4-5-11(14-3)13-8-10/h4-5,8,12H,1,6-7H2,2-3H3. The molecule has 0 saturated heterocycles. The van der Waals surface area contributed by atoms with E-state index in [9.17, 15) is 0 Å². The Morgan fingerprint density at radius 1 is 1.57 bits per heavy atom. The van der Waals surface area contributed by atoms with Crippen LogP contribution >= 0.6 is 0 Å². The van der Waals surface area contributed by atoms with Crippen molar-refractivity contribution in [1.29, 1.82) is 0 Å². The quantitative estimate of drug-likeness (QED) is 0.722. The molecule has 14 heavy (non-hydrogen) atoms. The molecule has 0 aromatic carbocycles. The molecule has 0 saturated carbocycles. The number of methoxy groups -OCH3 is 1. The number of nitrogens with zero attached hydrogens (tertiary/aromatic N) is 1. The van der Waals surface area contributed by atoms with Crippen molar-refractivity contribution in [3.63, 3.8) is 0 Å². The van der Waals surface area contributed by atoms with Gasteiger partial charge in [-0.05, 0) is 12.5 Å². The number of hydrogen-bond donors (Lipinski definition) is 1. The van der Waals surface area contributed by atoms with Crippen LogP contribution in [0.25, 0.3) is 0 Å². The van der Waals surface area contributed by atoms with Crippen molar-refractivity contribution in [2.45, 2.75) is 13.5 Å². The van der Waals surface area contributed by atoms with Crippen molar-refractivity contribution in [3.8, 4) is 5.88 Å². The lowest BCUT2D eigenvalue weighted by molar-refractivity contribution is 0.397. The van der Waals surface area contributed by atoms with E-state index in [0.717, 1.165) is 24.2 Å². The van der Waals surface area contributed by atoms with Gasteiger partial charge >= 0.3 is 0 Å². The van der Waals surface area contributed by atoms with E-state index in [2.05, 4.69) is 16.9 Å². The summed E-state index contributed by atoms with van der Waals surface area (Å²) in [6, 6.07) is 3.86. The van der Waals surface area contributed by atoms with E-state index in [1.54, 1.807) is 7.11 Å². The lowest BCUT2D eigenvalue weighted by atomic mass is 10.2. The minimum atomic E-state index is 0.647. The summed E-state index contributed by atoms with van der Waals surface area (Å²) in [7, 11) is 1.61. The zero-order chi connectivity index (χ0) is 10.4. The van der Waals surface area contributed by atoms with Crippen molar-refractivity contribution >= 4 is 0 Å². The monoisotopic (exact) mass is 192 g/mol. The highest BCUT2D eigenvalue weighted by molar-refractivity contribution is 5.17. The third kappa shape index (κ3) is 3.58. The topological polar surface area (TPSA) is 34.1 Å². The Bertz CT molecular complexity index is 293. The number of ether oxygens (including phenoxy) is 1. The van der Waals surface area contributed by atoms with Crippen molar-refractivity contribution in [2.75, 3.05) is 13.7 Å². The number of rotatable bonds is 5. The van der Waals surface area contributed by atoms with Crippen LogP contribution in [0.2, 0.25) is 0 Å². The van der Waals surface area contributed by atoms with Gasteiger partial charge in [-0.2, -0.15) is 0 Å². The molecule has 0 atom stereocenters. The molecule has 0 bridgehead atoms. The second-order valence-electron chi connectivity index (χ2n) is 3.27. The molecule has 3 heteroatoms. The summed E-state index contributed by atoms with van der Waals surface area (Å²) in [4.78, 5) is 4.11. The lowest BCUT2D eigenvalue weighted by Gasteiger charge is -2.04. The van der Waals surface area contributed by atoms with Gasteiger partial charge in [-0.1, -0.05) is 18.2 Å². The highest BCUT2D eigenvalue weighted by Gasteiger charge is 1.94. The van der Waals surface area contributed by atoms with Gasteiger partial charge in [0, 0.05) is 25.4 Å². The van der Waals surface area contributed by atoms with Crippen LogP contribution in [0.15, 0.2) is 30.5 Å². The van der Waals surface area contributed by atoms with Crippen LogP contribution in [-0.4, -0.2) is 18.6 Å². The molecule has 1 N–H and O–H groups in total. The lowest BCUT2D eigenvalue weighted by Crippen LogP contribution is -2.15. The Morgan fingerprint density at radius 3 is 2.86 bits per heavy atom. The zero-order valence-corrected chi connectivity index (χ0v) is 8.71. The first kappa shape index (κ1) is 10.7. The summed E-state index contributed by atoms with van der Waals surface area (Å²) in [5, 5.41) is 3.26. The van der Waals surface area contributed by atoms with Crippen molar-refractivity contribution in [1.82, 2.24) is 10.3 Å². The highest BCUT2D eigenvalue weighted by atomic mass is 16.5. The zero-order valence-electron chi connectivity index (χ0n) is 8.71. The second kappa shape index (κ2) is 5.40.